The van der Waals surface area contributed by atoms with Crippen molar-refractivity contribution in [2.24, 2.45) is 0 Å². The molecule has 294 valence electrons. The van der Waals surface area contributed by atoms with E-state index in [4.69, 9.17) is 27.9 Å². The second-order valence-corrected chi connectivity index (χ2v) is 15.9. The van der Waals surface area contributed by atoms with E-state index in [0.29, 0.717) is 71.1 Å². The van der Waals surface area contributed by atoms with Crippen LogP contribution in [0.3, 0.4) is 0 Å². The van der Waals surface area contributed by atoms with Gasteiger partial charge in [0.1, 0.15) is 0 Å². The molecule has 6 aromatic carbocycles. The van der Waals surface area contributed by atoms with Gasteiger partial charge in [-0.3, -0.25) is 9.59 Å². The molecule has 9 rings (SSSR count). The number of benzene rings is 6. The van der Waals surface area contributed by atoms with Gasteiger partial charge in [0.25, 0.3) is 11.8 Å². The molecule has 2 heterocycles. The molecule has 1 fully saturated rings. The van der Waals surface area contributed by atoms with Crippen molar-refractivity contribution in [3.63, 3.8) is 0 Å². The van der Waals surface area contributed by atoms with Crippen LogP contribution in [0.2, 0.25) is 10.0 Å². The van der Waals surface area contributed by atoms with Gasteiger partial charge in [0.05, 0.1) is 12.2 Å². The van der Waals surface area contributed by atoms with Crippen LogP contribution < -0.4 is 0 Å². The number of aliphatic hydroxyl groups excluding tert-OH is 1. The number of carbonyl (C=O) groups is 2. The standard InChI is InChI=1S/C27H26ClNO3.C22H18ClNO2/c28-21-12-10-20(11-13-21)27(32-23-15-14-22(30)18-23)25-9-5-4-8-24(25)26(31)29(27)17-16-19-6-2-1-3-7-19;23-18-12-10-17(11-13-18)22(26)20-9-5-4-8-19(20)21(25)24(22)15-14-16-6-2-1-3-7-16/h1-13,22-23,30H,14-18H2;1-13,26H,14-15H2. The summed E-state index contributed by atoms with van der Waals surface area (Å²) in [5.41, 5.74) is 3.90. The molecule has 1 saturated carbocycles. The molecule has 6 aromatic rings. The Bertz CT molecular complexity index is 2380. The number of rotatable bonds is 10. The van der Waals surface area contributed by atoms with Gasteiger partial charge in [-0.05, 0) is 79.6 Å². The molecule has 4 unspecified atom stereocenters. The highest BCUT2D eigenvalue weighted by atomic mass is 35.5. The summed E-state index contributed by atoms with van der Waals surface area (Å²) in [5, 5.41) is 23.0. The fraction of sp³-hybridized carbons (Fsp3) is 0.224. The van der Waals surface area contributed by atoms with E-state index in [1.54, 1.807) is 35.2 Å². The summed E-state index contributed by atoms with van der Waals surface area (Å²) in [6.45, 7) is 0.923. The zero-order chi connectivity index (χ0) is 40.3. The van der Waals surface area contributed by atoms with Gasteiger partial charge in [0.15, 0.2) is 11.4 Å². The Morgan fingerprint density at radius 3 is 1.59 bits per heavy atom. The van der Waals surface area contributed by atoms with Crippen LogP contribution in [0, 0.1) is 0 Å². The number of amides is 2. The second kappa shape index (κ2) is 16.9. The first-order chi connectivity index (χ1) is 28.2. The topological polar surface area (TPSA) is 90.3 Å². The first-order valence-corrected chi connectivity index (χ1v) is 20.4. The van der Waals surface area contributed by atoms with E-state index in [0.717, 1.165) is 28.7 Å². The smallest absolute Gasteiger partial charge is 0.257 e. The van der Waals surface area contributed by atoms with Gasteiger partial charge in [-0.15, -0.1) is 0 Å². The highest BCUT2D eigenvalue weighted by Crippen LogP contribution is 2.48. The van der Waals surface area contributed by atoms with Crippen LogP contribution >= 0.6 is 23.2 Å². The summed E-state index contributed by atoms with van der Waals surface area (Å²) < 4.78 is 6.86. The summed E-state index contributed by atoms with van der Waals surface area (Å²) in [6.07, 6.45) is 2.91. The first kappa shape index (κ1) is 39.5. The molecule has 2 aliphatic heterocycles. The zero-order valence-electron chi connectivity index (χ0n) is 31.9. The van der Waals surface area contributed by atoms with Crippen LogP contribution in [-0.2, 0) is 29.0 Å². The van der Waals surface area contributed by atoms with Crippen LogP contribution in [0.25, 0.3) is 0 Å². The molecule has 9 heteroatoms. The Balaban J connectivity index is 0.000000165. The van der Waals surface area contributed by atoms with Crippen molar-refractivity contribution in [1.29, 1.82) is 0 Å². The molecule has 58 heavy (non-hydrogen) atoms. The second-order valence-electron chi connectivity index (χ2n) is 15.0. The number of carbonyl (C=O) groups excluding carboxylic acids is 2. The number of halogens is 2. The van der Waals surface area contributed by atoms with E-state index in [-0.39, 0.29) is 24.0 Å². The van der Waals surface area contributed by atoms with Crippen molar-refractivity contribution in [1.82, 2.24) is 9.80 Å². The zero-order valence-corrected chi connectivity index (χ0v) is 33.4. The summed E-state index contributed by atoms with van der Waals surface area (Å²) in [5.74, 6) is -0.195. The minimum Gasteiger partial charge on any atom is -0.393 e. The predicted octanol–water partition coefficient (Wildman–Crippen LogP) is 9.40. The maximum Gasteiger partial charge on any atom is 0.257 e. The van der Waals surface area contributed by atoms with Gasteiger partial charge in [-0.1, -0.05) is 145 Å². The Kier molecular flexibility index (Phi) is 11.5. The normalized spacial score (nSPS) is 22.1. The third kappa shape index (κ3) is 7.57. The third-order valence-corrected chi connectivity index (χ3v) is 11.9. The number of nitrogens with zero attached hydrogens (tertiary/aromatic N) is 2. The molecule has 0 spiro atoms. The van der Waals surface area contributed by atoms with Crippen molar-refractivity contribution in [3.8, 4) is 0 Å². The molecular formula is C49H44Cl2N2O5. The fourth-order valence-corrected chi connectivity index (χ4v) is 8.80. The number of hydrogen-bond donors (Lipinski definition) is 2. The van der Waals surface area contributed by atoms with E-state index in [9.17, 15) is 19.8 Å². The lowest BCUT2D eigenvalue weighted by atomic mass is 9.92. The van der Waals surface area contributed by atoms with Gasteiger partial charge in [0, 0.05) is 56.5 Å². The van der Waals surface area contributed by atoms with Gasteiger partial charge < -0.3 is 24.7 Å². The van der Waals surface area contributed by atoms with Crippen LogP contribution in [0.5, 0.6) is 0 Å². The third-order valence-electron chi connectivity index (χ3n) is 11.4. The molecule has 1 aliphatic carbocycles. The van der Waals surface area contributed by atoms with E-state index in [1.807, 2.05) is 120 Å². The minimum absolute atomic E-state index is 0.0370. The first-order valence-electron chi connectivity index (χ1n) is 19.7. The summed E-state index contributed by atoms with van der Waals surface area (Å²) in [7, 11) is 0. The molecule has 0 radical (unpaired) electrons. The Morgan fingerprint density at radius 1 is 0.569 bits per heavy atom. The summed E-state index contributed by atoms with van der Waals surface area (Å²) in [6, 6.07) is 49.6. The van der Waals surface area contributed by atoms with Crippen LogP contribution in [0.15, 0.2) is 158 Å². The minimum atomic E-state index is -1.49. The van der Waals surface area contributed by atoms with Gasteiger partial charge in [-0.25, -0.2) is 0 Å². The van der Waals surface area contributed by atoms with Crippen LogP contribution in [0.4, 0.5) is 0 Å². The Hall–Kier alpha value is -5.28. The summed E-state index contributed by atoms with van der Waals surface area (Å²) >= 11 is 12.2. The molecule has 0 aromatic heterocycles. The molecule has 3 aliphatic rings. The highest BCUT2D eigenvalue weighted by molar-refractivity contribution is 6.30. The largest absolute Gasteiger partial charge is 0.393 e. The Morgan fingerprint density at radius 2 is 1.03 bits per heavy atom. The predicted molar refractivity (Wildman–Crippen MR) is 227 cm³/mol. The van der Waals surface area contributed by atoms with Gasteiger partial charge in [0.2, 0.25) is 0 Å². The maximum atomic E-state index is 13.7. The average molecular weight is 812 g/mol. The van der Waals surface area contributed by atoms with Crippen LogP contribution in [0.1, 0.15) is 73.4 Å². The monoisotopic (exact) mass is 810 g/mol. The molecule has 7 nitrogen and oxygen atoms in total. The van der Waals surface area contributed by atoms with Crippen molar-refractivity contribution < 1.29 is 24.5 Å². The Labute approximate surface area is 349 Å². The number of ether oxygens (including phenoxy) is 1. The number of aliphatic hydroxyl groups is 2. The van der Waals surface area contributed by atoms with Gasteiger partial charge >= 0.3 is 0 Å². The lowest BCUT2D eigenvalue weighted by molar-refractivity contribution is -0.144. The molecule has 0 saturated heterocycles. The fourth-order valence-electron chi connectivity index (χ4n) is 8.55. The SMILES string of the molecule is O=C1c2ccccc2C(O)(c2ccc(Cl)cc2)N1CCc1ccccc1.O=C1c2ccccc2C(OC2CCC(O)C2)(c2ccc(Cl)cc2)N1CCc1ccccc1. The van der Waals surface area contributed by atoms with Gasteiger partial charge in [-0.2, -0.15) is 0 Å². The van der Waals surface area contributed by atoms with Crippen molar-refractivity contribution in [2.45, 2.75) is 55.8 Å². The lowest BCUT2D eigenvalue weighted by Crippen LogP contribution is -2.49. The van der Waals surface area contributed by atoms with E-state index in [2.05, 4.69) is 12.1 Å². The molecule has 4 atom stereocenters. The highest BCUT2D eigenvalue weighted by Gasteiger charge is 2.54. The molecular weight excluding hydrogens is 767 g/mol. The average Bonchev–Trinajstić information content (AvgIpc) is 3.85. The molecule has 2 N–H and O–H groups in total. The lowest BCUT2D eigenvalue weighted by Gasteiger charge is -2.41. The van der Waals surface area contributed by atoms with Crippen molar-refractivity contribution in [3.05, 3.63) is 212 Å². The summed E-state index contributed by atoms with van der Waals surface area (Å²) in [4.78, 5) is 30.1. The number of fused-ring (bicyclic) bond motifs is 2. The quantitative estimate of drug-likeness (QED) is 0.144. The van der Waals surface area contributed by atoms with Crippen molar-refractivity contribution >= 4 is 35.0 Å². The molecule has 2 amide bonds. The van der Waals surface area contributed by atoms with E-state index >= 15 is 0 Å². The van der Waals surface area contributed by atoms with E-state index in [1.165, 1.54) is 0 Å². The maximum absolute atomic E-state index is 13.7. The van der Waals surface area contributed by atoms with Crippen molar-refractivity contribution in [2.75, 3.05) is 13.1 Å². The number of hydrogen-bond acceptors (Lipinski definition) is 5. The van der Waals surface area contributed by atoms with E-state index < -0.39 is 11.4 Å². The molecule has 0 bridgehead atoms. The van der Waals surface area contributed by atoms with Crippen LogP contribution in [-0.4, -0.2) is 57.1 Å².